The van der Waals surface area contributed by atoms with Crippen molar-refractivity contribution in [3.8, 4) is 0 Å². The van der Waals surface area contributed by atoms with Gasteiger partial charge >= 0.3 is 6.09 Å². The minimum absolute atomic E-state index is 0.0369. The van der Waals surface area contributed by atoms with Crippen LogP contribution in [0.4, 0.5) is 9.18 Å². The lowest BCUT2D eigenvalue weighted by Crippen LogP contribution is -2.49. The number of rotatable bonds is 4. The van der Waals surface area contributed by atoms with Gasteiger partial charge in [0, 0.05) is 24.6 Å². The lowest BCUT2D eigenvalue weighted by molar-refractivity contribution is -0.126. The molecule has 2 N–H and O–H groups in total. The minimum atomic E-state index is -1.26. The van der Waals surface area contributed by atoms with Crippen LogP contribution in [0.3, 0.4) is 0 Å². The fraction of sp³-hybridized carbons (Fsp3) is 0.619. The summed E-state index contributed by atoms with van der Waals surface area (Å²) in [5.41, 5.74) is -1.62. The molecule has 0 aromatic heterocycles. The van der Waals surface area contributed by atoms with E-state index in [1.807, 2.05) is 20.8 Å². The minimum Gasteiger partial charge on any atom is -0.444 e. The number of nitrogens with one attached hydrogen (secondary N) is 1. The first kappa shape index (κ1) is 21.8. The van der Waals surface area contributed by atoms with Crippen LogP contribution in [0.1, 0.15) is 46.3 Å². The lowest BCUT2D eigenvalue weighted by Gasteiger charge is -2.33. The first-order chi connectivity index (χ1) is 13.3. The van der Waals surface area contributed by atoms with Crippen molar-refractivity contribution in [3.05, 3.63) is 34.6 Å². The second kappa shape index (κ2) is 7.43. The van der Waals surface area contributed by atoms with Gasteiger partial charge in [-0.25, -0.2) is 9.18 Å². The molecule has 160 valence electrons. The number of aliphatic hydroxyl groups is 1. The maximum atomic E-state index is 14.3. The van der Waals surface area contributed by atoms with Gasteiger partial charge in [0.2, 0.25) is 5.91 Å². The largest absolute Gasteiger partial charge is 0.444 e. The van der Waals surface area contributed by atoms with E-state index in [4.69, 9.17) is 16.3 Å². The standard InChI is InChI=1S/C21H28ClFN2O4/c1-20(2,3)29-19(28)25-9-12-13(10-25)15(12)18(27)24-21(4,5)17(26)11-7-6-8-14(22)16(11)23/h6-8,12-13,15,17,26H,9-10H2,1-5H3,(H,24,27)/t12-,13+,15?,17?. The Bertz CT molecular complexity index is 811. The molecule has 1 saturated carbocycles. The highest BCUT2D eigenvalue weighted by molar-refractivity contribution is 6.30. The first-order valence-corrected chi connectivity index (χ1v) is 10.1. The summed E-state index contributed by atoms with van der Waals surface area (Å²) in [6, 6.07) is 4.41. The Kier molecular flexibility index (Phi) is 5.60. The molecule has 2 aliphatic rings. The molecule has 3 rings (SSSR count). The highest BCUT2D eigenvalue weighted by Gasteiger charge is 2.61. The zero-order chi connectivity index (χ0) is 21.7. The van der Waals surface area contributed by atoms with E-state index in [1.165, 1.54) is 12.1 Å². The van der Waals surface area contributed by atoms with Crippen LogP contribution >= 0.6 is 11.6 Å². The molecule has 29 heavy (non-hydrogen) atoms. The Morgan fingerprint density at radius 1 is 1.24 bits per heavy atom. The van der Waals surface area contributed by atoms with Gasteiger partial charge in [0.05, 0.1) is 10.6 Å². The van der Waals surface area contributed by atoms with Crippen molar-refractivity contribution in [1.29, 1.82) is 0 Å². The highest BCUT2D eigenvalue weighted by atomic mass is 35.5. The van der Waals surface area contributed by atoms with Crippen LogP contribution in [0, 0.1) is 23.6 Å². The van der Waals surface area contributed by atoms with Crippen molar-refractivity contribution in [2.45, 2.75) is 51.9 Å². The van der Waals surface area contributed by atoms with Crippen LogP contribution in [-0.4, -0.2) is 46.2 Å². The molecule has 1 heterocycles. The predicted molar refractivity (Wildman–Crippen MR) is 107 cm³/mol. The van der Waals surface area contributed by atoms with Crippen LogP contribution < -0.4 is 5.32 Å². The van der Waals surface area contributed by atoms with Gasteiger partial charge in [-0.15, -0.1) is 0 Å². The summed E-state index contributed by atoms with van der Waals surface area (Å²) >= 11 is 5.80. The molecular weight excluding hydrogens is 399 g/mol. The second-order valence-electron chi connectivity index (χ2n) is 9.50. The van der Waals surface area contributed by atoms with E-state index in [1.54, 1.807) is 24.8 Å². The lowest BCUT2D eigenvalue weighted by atomic mass is 9.90. The number of carbonyl (C=O) groups excluding carboxylic acids is 2. The average molecular weight is 427 g/mol. The average Bonchev–Trinajstić information content (AvgIpc) is 3.09. The Labute approximate surface area is 175 Å². The number of fused-ring (bicyclic) bond motifs is 1. The van der Waals surface area contributed by atoms with E-state index in [0.29, 0.717) is 13.1 Å². The molecule has 8 heteroatoms. The van der Waals surface area contributed by atoms with Crippen molar-refractivity contribution in [1.82, 2.24) is 10.2 Å². The first-order valence-electron chi connectivity index (χ1n) is 9.74. The van der Waals surface area contributed by atoms with Gasteiger partial charge in [0.15, 0.2) is 0 Å². The number of halogens is 2. The number of amides is 2. The number of piperidine rings is 1. The van der Waals surface area contributed by atoms with Crippen LogP contribution in [0.2, 0.25) is 5.02 Å². The third kappa shape index (κ3) is 4.51. The molecule has 1 aliphatic heterocycles. The van der Waals surface area contributed by atoms with Crippen LogP contribution in [0.5, 0.6) is 0 Å². The molecular formula is C21H28ClFN2O4. The summed E-state index contributed by atoms with van der Waals surface area (Å²) in [5, 5.41) is 13.4. The van der Waals surface area contributed by atoms with E-state index in [0.717, 1.165) is 0 Å². The summed E-state index contributed by atoms with van der Waals surface area (Å²) in [5.74, 6) is -0.947. The predicted octanol–water partition coefficient (Wildman–Crippen LogP) is 3.52. The zero-order valence-electron chi connectivity index (χ0n) is 17.3. The molecule has 1 aliphatic carbocycles. The molecule has 0 bridgehead atoms. The Morgan fingerprint density at radius 2 is 1.83 bits per heavy atom. The number of nitrogens with zero attached hydrogens (tertiary/aromatic N) is 1. The number of likely N-dealkylation sites (tertiary alicyclic amines) is 1. The van der Waals surface area contributed by atoms with Gasteiger partial charge in [-0.2, -0.15) is 0 Å². The summed E-state index contributed by atoms with van der Waals surface area (Å²) in [6.45, 7) is 9.67. The van der Waals surface area contributed by atoms with E-state index < -0.39 is 23.1 Å². The maximum absolute atomic E-state index is 14.3. The summed E-state index contributed by atoms with van der Waals surface area (Å²) in [4.78, 5) is 26.5. The number of carbonyl (C=O) groups is 2. The fourth-order valence-corrected chi connectivity index (χ4v) is 4.16. The van der Waals surface area contributed by atoms with E-state index in [9.17, 15) is 19.1 Å². The normalized spacial score (nSPS) is 24.7. The Balaban J connectivity index is 1.58. The fourth-order valence-electron chi connectivity index (χ4n) is 3.98. The van der Waals surface area contributed by atoms with E-state index >= 15 is 0 Å². The topological polar surface area (TPSA) is 78.9 Å². The summed E-state index contributed by atoms with van der Waals surface area (Å²) < 4.78 is 19.6. The van der Waals surface area contributed by atoms with Crippen LogP contribution in [-0.2, 0) is 9.53 Å². The number of benzene rings is 1. The molecule has 0 radical (unpaired) electrons. The van der Waals surface area contributed by atoms with Crippen molar-refractivity contribution >= 4 is 23.6 Å². The van der Waals surface area contributed by atoms with Gasteiger partial charge in [-0.3, -0.25) is 4.79 Å². The molecule has 0 spiro atoms. The third-order valence-electron chi connectivity index (χ3n) is 5.55. The number of hydrogen-bond acceptors (Lipinski definition) is 4. The molecule has 1 saturated heterocycles. The number of hydrogen-bond donors (Lipinski definition) is 2. The van der Waals surface area contributed by atoms with Gasteiger partial charge < -0.3 is 20.1 Å². The number of aliphatic hydroxyl groups excluding tert-OH is 1. The molecule has 1 aromatic rings. The van der Waals surface area contributed by atoms with Crippen LogP contribution in [0.15, 0.2) is 18.2 Å². The molecule has 4 atom stereocenters. The summed E-state index contributed by atoms with van der Waals surface area (Å²) in [6.07, 6.45) is -1.63. The maximum Gasteiger partial charge on any atom is 0.410 e. The molecule has 2 fully saturated rings. The van der Waals surface area contributed by atoms with Crippen LogP contribution in [0.25, 0.3) is 0 Å². The molecule has 2 unspecified atom stereocenters. The Hall–Kier alpha value is -1.86. The molecule has 6 nitrogen and oxygen atoms in total. The Morgan fingerprint density at radius 3 is 2.38 bits per heavy atom. The third-order valence-corrected chi connectivity index (χ3v) is 5.85. The second-order valence-corrected chi connectivity index (χ2v) is 9.90. The van der Waals surface area contributed by atoms with Crippen molar-refractivity contribution < 1.29 is 23.8 Å². The van der Waals surface area contributed by atoms with Crippen molar-refractivity contribution in [2.75, 3.05) is 13.1 Å². The monoisotopic (exact) mass is 426 g/mol. The van der Waals surface area contributed by atoms with Gasteiger partial charge in [-0.1, -0.05) is 23.7 Å². The molecule has 2 amide bonds. The quantitative estimate of drug-likeness (QED) is 0.772. The smallest absolute Gasteiger partial charge is 0.410 e. The van der Waals surface area contributed by atoms with Crippen molar-refractivity contribution in [2.24, 2.45) is 17.8 Å². The SMILES string of the molecule is CC(C)(C)OC(=O)N1C[C@@H]2C(C(=O)NC(C)(C)C(O)c3cccc(Cl)c3F)[C@@H]2C1. The van der Waals surface area contributed by atoms with Gasteiger partial charge in [-0.05, 0) is 52.5 Å². The van der Waals surface area contributed by atoms with E-state index in [-0.39, 0.29) is 40.3 Å². The van der Waals surface area contributed by atoms with Crippen molar-refractivity contribution in [3.63, 3.8) is 0 Å². The zero-order valence-corrected chi connectivity index (χ0v) is 18.1. The van der Waals surface area contributed by atoms with Gasteiger partial charge in [0.1, 0.15) is 17.5 Å². The summed E-state index contributed by atoms with van der Waals surface area (Å²) in [7, 11) is 0. The van der Waals surface area contributed by atoms with Gasteiger partial charge in [0.25, 0.3) is 0 Å². The highest BCUT2D eigenvalue weighted by Crippen LogP contribution is 2.52. The van der Waals surface area contributed by atoms with E-state index in [2.05, 4.69) is 5.32 Å². The molecule has 1 aromatic carbocycles. The number of ether oxygens (including phenoxy) is 1.